The van der Waals surface area contributed by atoms with Crippen LogP contribution in [0.15, 0.2) is 17.5 Å². The second kappa shape index (κ2) is 9.95. The molecule has 3 aliphatic rings. The molecule has 2 bridgehead atoms. The highest BCUT2D eigenvalue weighted by molar-refractivity contribution is 7.16. The van der Waals surface area contributed by atoms with Crippen molar-refractivity contribution in [3.63, 3.8) is 0 Å². The predicted octanol–water partition coefficient (Wildman–Crippen LogP) is 3.04. The third kappa shape index (κ3) is 4.91. The quantitative estimate of drug-likeness (QED) is 0.466. The van der Waals surface area contributed by atoms with E-state index in [1.54, 1.807) is 11.3 Å². The van der Waals surface area contributed by atoms with Crippen LogP contribution in [-0.2, 0) is 4.79 Å². The van der Waals surface area contributed by atoms with E-state index in [1.807, 2.05) is 24.4 Å². The number of piperidine rings is 2. The van der Waals surface area contributed by atoms with Gasteiger partial charge in [-0.2, -0.15) is 10.1 Å². The zero-order valence-electron chi connectivity index (χ0n) is 21.0. The zero-order valence-corrected chi connectivity index (χ0v) is 21.9. The fraction of sp³-hybridized carbons (Fsp3) is 0.600. The highest BCUT2D eigenvalue weighted by Crippen LogP contribution is 2.36. The first-order chi connectivity index (χ1) is 17.5. The molecule has 3 saturated heterocycles. The molecular weight excluding hydrogens is 474 g/mol. The maximum atomic E-state index is 13.4. The van der Waals surface area contributed by atoms with Gasteiger partial charge in [0.05, 0.1) is 11.9 Å². The van der Waals surface area contributed by atoms with E-state index in [1.165, 1.54) is 6.42 Å². The molecule has 0 spiro atoms. The first kappa shape index (κ1) is 23.6. The number of hydrogen-bond acceptors (Lipinski definition) is 9. The van der Waals surface area contributed by atoms with Crippen molar-refractivity contribution in [2.45, 2.75) is 57.2 Å². The van der Waals surface area contributed by atoms with Crippen LogP contribution in [0, 0.1) is 6.92 Å². The largest absolute Gasteiger partial charge is 0.351 e. The number of thiophene rings is 1. The summed E-state index contributed by atoms with van der Waals surface area (Å²) in [5.41, 5.74) is 0.993. The van der Waals surface area contributed by atoms with Gasteiger partial charge in [0.1, 0.15) is 10.6 Å². The lowest BCUT2D eigenvalue weighted by molar-refractivity contribution is -0.142. The van der Waals surface area contributed by atoms with Gasteiger partial charge in [0.15, 0.2) is 5.82 Å². The van der Waals surface area contributed by atoms with Crippen LogP contribution in [0.3, 0.4) is 0 Å². The van der Waals surface area contributed by atoms with Crippen LogP contribution >= 0.6 is 11.3 Å². The van der Waals surface area contributed by atoms with Crippen molar-refractivity contribution >= 4 is 45.0 Å². The minimum absolute atomic E-state index is 0.255. The third-order valence-corrected chi connectivity index (χ3v) is 8.63. The number of piperazine rings is 1. The molecule has 6 heterocycles. The van der Waals surface area contributed by atoms with Gasteiger partial charge in [-0.05, 0) is 57.5 Å². The second-order valence-corrected chi connectivity index (χ2v) is 11.4. The Labute approximate surface area is 215 Å². The van der Waals surface area contributed by atoms with E-state index in [4.69, 9.17) is 9.97 Å². The molecule has 10 nitrogen and oxygen atoms in total. The van der Waals surface area contributed by atoms with Crippen molar-refractivity contribution in [2.75, 3.05) is 50.4 Å². The minimum Gasteiger partial charge on any atom is -0.351 e. The van der Waals surface area contributed by atoms with Crippen molar-refractivity contribution in [1.82, 2.24) is 34.9 Å². The highest BCUT2D eigenvalue weighted by Gasteiger charge is 2.41. The number of hydrogen-bond donors (Lipinski definition) is 3. The summed E-state index contributed by atoms with van der Waals surface area (Å²) in [6, 6.07) is 4.85. The lowest BCUT2D eigenvalue weighted by atomic mass is 9.81. The summed E-state index contributed by atoms with van der Waals surface area (Å²) < 4.78 is 0. The van der Waals surface area contributed by atoms with Gasteiger partial charge >= 0.3 is 0 Å². The fourth-order valence-corrected chi connectivity index (χ4v) is 6.75. The topological polar surface area (TPSA) is 105 Å². The van der Waals surface area contributed by atoms with E-state index in [-0.39, 0.29) is 6.04 Å². The van der Waals surface area contributed by atoms with Crippen molar-refractivity contribution in [1.29, 1.82) is 0 Å². The fourth-order valence-electron chi connectivity index (χ4n) is 5.99. The molecule has 3 fully saturated rings. The molecule has 0 aliphatic carbocycles. The van der Waals surface area contributed by atoms with Gasteiger partial charge in [0.25, 0.3) is 0 Å². The van der Waals surface area contributed by atoms with Crippen molar-refractivity contribution in [3.05, 3.63) is 23.2 Å². The molecule has 0 radical (unpaired) electrons. The lowest BCUT2D eigenvalue weighted by Crippen LogP contribution is -2.59. The maximum absolute atomic E-state index is 13.4. The molecule has 0 saturated carbocycles. The molecule has 11 heteroatoms. The molecule has 0 aromatic carbocycles. The summed E-state index contributed by atoms with van der Waals surface area (Å²) in [5.74, 6) is 2.45. The monoisotopic (exact) mass is 509 g/mol. The average Bonchev–Trinajstić information content (AvgIpc) is 3.49. The first-order valence-electron chi connectivity index (χ1n) is 13.0. The molecule has 192 valence electrons. The van der Waals surface area contributed by atoms with Crippen LogP contribution in [-0.4, -0.2) is 98.7 Å². The maximum Gasteiger partial charge on any atom is 0.237 e. The van der Waals surface area contributed by atoms with Crippen LogP contribution in [0.4, 0.5) is 17.6 Å². The number of aromatic amines is 1. The van der Waals surface area contributed by atoms with Gasteiger partial charge < -0.3 is 20.4 Å². The summed E-state index contributed by atoms with van der Waals surface area (Å²) in [4.78, 5) is 30.8. The van der Waals surface area contributed by atoms with E-state index in [9.17, 15) is 4.79 Å². The Bertz CT molecular complexity index is 1200. The Balaban J connectivity index is 1.15. The van der Waals surface area contributed by atoms with Crippen molar-refractivity contribution in [3.8, 4) is 0 Å². The SMILES string of the molecule is Cc1cc(Nc2nc(N[C@@H]3C[C@H]4CCC[C@@H](C3)N4C(=O)CN3CCN(C)CC3)nc3sccc23)n[nH]1. The smallest absolute Gasteiger partial charge is 0.237 e. The number of likely N-dealkylation sites (N-methyl/N-ethyl adjacent to an activating group) is 1. The van der Waals surface area contributed by atoms with Crippen molar-refractivity contribution in [2.24, 2.45) is 0 Å². The summed E-state index contributed by atoms with van der Waals surface area (Å²) in [7, 11) is 2.15. The highest BCUT2D eigenvalue weighted by atomic mass is 32.1. The standard InChI is InChI=1S/C25H35N9OS/c1-16-12-21(31-30-16)27-23-20-6-11-36-24(20)29-25(28-23)26-17-13-18-4-3-5-19(14-17)34(18)22(35)15-33-9-7-32(2)8-10-33/h6,11-12,17-19H,3-5,7-10,13-15H2,1-2H3,(H3,26,27,28,29,30,31)/t17-,18-,19+. The molecule has 3 aliphatic heterocycles. The average molecular weight is 510 g/mol. The Hall–Kier alpha value is -2.76. The lowest BCUT2D eigenvalue weighted by Gasteiger charge is -2.49. The van der Waals surface area contributed by atoms with E-state index in [0.717, 1.165) is 79.4 Å². The number of amides is 1. The molecule has 3 atom stereocenters. The van der Waals surface area contributed by atoms with Crippen LogP contribution in [0.2, 0.25) is 0 Å². The molecule has 3 aromatic heterocycles. The summed E-state index contributed by atoms with van der Waals surface area (Å²) >= 11 is 1.61. The summed E-state index contributed by atoms with van der Waals surface area (Å²) in [6.45, 7) is 6.57. The Morgan fingerprint density at radius 1 is 1.17 bits per heavy atom. The molecule has 1 amide bonds. The number of nitrogens with one attached hydrogen (secondary N) is 3. The van der Waals surface area contributed by atoms with E-state index in [2.05, 4.69) is 42.6 Å². The normalized spacial score (nSPS) is 25.3. The third-order valence-electron chi connectivity index (χ3n) is 7.83. The van der Waals surface area contributed by atoms with E-state index in [0.29, 0.717) is 30.5 Å². The molecule has 6 rings (SSSR count). The Kier molecular flexibility index (Phi) is 6.53. The molecule has 3 N–H and O–H groups in total. The van der Waals surface area contributed by atoms with Gasteiger partial charge in [-0.25, -0.2) is 4.98 Å². The second-order valence-electron chi connectivity index (χ2n) is 10.5. The van der Waals surface area contributed by atoms with Gasteiger partial charge in [0.2, 0.25) is 11.9 Å². The number of carbonyl (C=O) groups excluding carboxylic acids is 1. The van der Waals surface area contributed by atoms with Crippen LogP contribution < -0.4 is 10.6 Å². The number of fused-ring (bicyclic) bond motifs is 3. The number of carbonyl (C=O) groups is 1. The predicted molar refractivity (Wildman–Crippen MR) is 143 cm³/mol. The van der Waals surface area contributed by atoms with E-state index < -0.39 is 0 Å². The van der Waals surface area contributed by atoms with Crippen molar-refractivity contribution < 1.29 is 4.79 Å². The van der Waals surface area contributed by atoms with Gasteiger partial charge in [-0.1, -0.05) is 0 Å². The van der Waals surface area contributed by atoms with E-state index >= 15 is 0 Å². The van der Waals surface area contributed by atoms with Crippen LogP contribution in [0.25, 0.3) is 10.2 Å². The minimum atomic E-state index is 0.255. The molecule has 36 heavy (non-hydrogen) atoms. The van der Waals surface area contributed by atoms with Crippen LogP contribution in [0.1, 0.15) is 37.8 Å². The van der Waals surface area contributed by atoms with Gasteiger partial charge in [-0.3, -0.25) is 14.8 Å². The summed E-state index contributed by atoms with van der Waals surface area (Å²) in [5, 5.41) is 17.3. The number of H-pyrrole nitrogens is 1. The molecule has 0 unspecified atom stereocenters. The zero-order chi connectivity index (χ0) is 24.6. The van der Waals surface area contributed by atoms with Crippen LogP contribution in [0.5, 0.6) is 0 Å². The number of nitrogens with zero attached hydrogens (tertiary/aromatic N) is 6. The first-order valence-corrected chi connectivity index (χ1v) is 13.9. The molecular formula is C25H35N9OS. The Morgan fingerprint density at radius 3 is 2.67 bits per heavy atom. The van der Waals surface area contributed by atoms with Gasteiger partial charge in [0, 0.05) is 56.1 Å². The molecule has 3 aromatic rings. The number of aromatic nitrogens is 4. The number of anilines is 3. The van der Waals surface area contributed by atoms with Gasteiger partial charge in [-0.15, -0.1) is 11.3 Å². The Morgan fingerprint density at radius 2 is 1.94 bits per heavy atom. The number of aryl methyl sites for hydroxylation is 1. The summed E-state index contributed by atoms with van der Waals surface area (Å²) in [6.07, 6.45) is 5.25. The number of rotatable bonds is 6.